The van der Waals surface area contributed by atoms with E-state index in [0.29, 0.717) is 5.91 Å². The minimum absolute atomic E-state index is 0. The molecule has 2 aliphatic carbocycles. The molecule has 0 radical (unpaired) electrons. The number of carbonyl (C=O) groups is 1. The fourth-order valence-electron chi connectivity index (χ4n) is 4.35. The van der Waals surface area contributed by atoms with Crippen molar-refractivity contribution < 1.29 is 4.79 Å². The van der Waals surface area contributed by atoms with Crippen molar-refractivity contribution in [3.63, 3.8) is 0 Å². The normalized spacial score (nSPS) is 33.5. The van der Waals surface area contributed by atoms with Crippen LogP contribution in [0.1, 0.15) is 36.8 Å². The van der Waals surface area contributed by atoms with E-state index in [-0.39, 0.29) is 29.8 Å². The highest BCUT2D eigenvalue weighted by atomic mass is 35.5. The smallest absolute Gasteiger partial charge is 0.226 e. The third-order valence-corrected chi connectivity index (χ3v) is 5.54. The summed E-state index contributed by atoms with van der Waals surface area (Å²) in [4.78, 5) is 14.8. The average Bonchev–Trinajstić information content (AvgIpc) is 3.08. The van der Waals surface area contributed by atoms with Gasteiger partial charge in [0.25, 0.3) is 0 Å². The van der Waals surface area contributed by atoms with Crippen LogP contribution in [0.4, 0.5) is 0 Å². The van der Waals surface area contributed by atoms with Crippen LogP contribution in [-0.4, -0.2) is 29.9 Å². The van der Waals surface area contributed by atoms with Gasteiger partial charge in [0, 0.05) is 30.5 Å². The zero-order valence-electron chi connectivity index (χ0n) is 12.3. The molecule has 1 saturated carbocycles. The number of fused-ring (bicyclic) bond motifs is 2. The van der Waals surface area contributed by atoms with E-state index >= 15 is 0 Å². The van der Waals surface area contributed by atoms with Crippen molar-refractivity contribution in [2.45, 2.75) is 43.6 Å². The van der Waals surface area contributed by atoms with Crippen LogP contribution in [0.3, 0.4) is 0 Å². The lowest BCUT2D eigenvalue weighted by molar-refractivity contribution is -0.134. The Morgan fingerprint density at radius 3 is 2.95 bits per heavy atom. The number of hydrogen-bond donors (Lipinski definition) is 1. The number of amides is 1. The molecule has 1 saturated heterocycles. The van der Waals surface area contributed by atoms with E-state index < -0.39 is 0 Å². The summed E-state index contributed by atoms with van der Waals surface area (Å²) >= 11 is 0. The largest absolute Gasteiger partial charge is 0.341 e. The zero-order valence-corrected chi connectivity index (χ0v) is 13.1. The van der Waals surface area contributed by atoms with Gasteiger partial charge in [0.05, 0.1) is 0 Å². The van der Waals surface area contributed by atoms with Gasteiger partial charge in [-0.2, -0.15) is 0 Å². The van der Waals surface area contributed by atoms with Crippen molar-refractivity contribution in [3.8, 4) is 0 Å². The molecule has 1 aromatic carbocycles. The van der Waals surface area contributed by atoms with E-state index in [1.165, 1.54) is 11.1 Å². The number of rotatable bonds is 1. The number of carbonyl (C=O) groups excluding carboxylic acids is 1. The monoisotopic (exact) mass is 306 g/mol. The third-order valence-electron chi connectivity index (χ3n) is 5.54. The van der Waals surface area contributed by atoms with Gasteiger partial charge in [-0.1, -0.05) is 24.3 Å². The van der Waals surface area contributed by atoms with Crippen LogP contribution in [0, 0.1) is 5.92 Å². The molecular formula is C17H23ClN2O. The summed E-state index contributed by atoms with van der Waals surface area (Å²) in [6.07, 6.45) is 5.46. The molecule has 4 heteroatoms. The molecule has 1 spiro atoms. The second-order valence-corrected chi connectivity index (χ2v) is 6.76. The summed E-state index contributed by atoms with van der Waals surface area (Å²) in [5, 5.41) is 0. The van der Waals surface area contributed by atoms with Crippen LogP contribution < -0.4 is 5.73 Å². The molecule has 2 fully saturated rings. The third kappa shape index (κ3) is 2.27. The van der Waals surface area contributed by atoms with Gasteiger partial charge in [-0.05, 0) is 43.2 Å². The number of benzene rings is 1. The predicted molar refractivity (Wildman–Crippen MR) is 85.6 cm³/mol. The Morgan fingerprint density at radius 2 is 2.14 bits per heavy atom. The van der Waals surface area contributed by atoms with Crippen molar-refractivity contribution in [2.75, 3.05) is 13.1 Å². The molecule has 4 rings (SSSR count). The highest BCUT2D eigenvalue weighted by Gasteiger charge is 2.62. The van der Waals surface area contributed by atoms with Crippen molar-refractivity contribution in [3.05, 3.63) is 35.4 Å². The molecule has 3 aliphatic rings. The van der Waals surface area contributed by atoms with Gasteiger partial charge in [-0.3, -0.25) is 4.79 Å². The van der Waals surface area contributed by atoms with Gasteiger partial charge in [0.1, 0.15) is 0 Å². The number of nitrogens with zero attached hydrogens (tertiary/aromatic N) is 1. The van der Waals surface area contributed by atoms with Gasteiger partial charge < -0.3 is 10.6 Å². The second-order valence-electron chi connectivity index (χ2n) is 6.76. The topological polar surface area (TPSA) is 46.3 Å². The number of aryl methyl sites for hydroxylation is 1. The first-order valence-corrected chi connectivity index (χ1v) is 7.83. The van der Waals surface area contributed by atoms with Gasteiger partial charge in [0.2, 0.25) is 5.91 Å². The molecule has 0 bridgehead atoms. The molecule has 114 valence electrons. The minimum Gasteiger partial charge on any atom is -0.341 e. The number of hydrogen-bond acceptors (Lipinski definition) is 2. The maximum atomic E-state index is 12.7. The molecule has 2 N–H and O–H groups in total. The number of nitrogens with two attached hydrogens (primary N) is 1. The number of piperidine rings is 1. The lowest BCUT2D eigenvalue weighted by Crippen LogP contribution is -2.46. The van der Waals surface area contributed by atoms with E-state index in [0.717, 1.165) is 45.2 Å². The number of likely N-dealkylation sites (tertiary alicyclic amines) is 1. The van der Waals surface area contributed by atoms with Crippen LogP contribution in [-0.2, 0) is 16.6 Å². The van der Waals surface area contributed by atoms with E-state index in [1.807, 2.05) is 4.90 Å². The lowest BCUT2D eigenvalue weighted by Gasteiger charge is -2.31. The summed E-state index contributed by atoms with van der Waals surface area (Å²) in [5.74, 6) is 0.577. The summed E-state index contributed by atoms with van der Waals surface area (Å²) in [6, 6.07) is 8.86. The average molecular weight is 307 g/mol. The van der Waals surface area contributed by atoms with Gasteiger partial charge in [0.15, 0.2) is 0 Å². The molecule has 0 aromatic heterocycles. The maximum absolute atomic E-state index is 12.7. The molecule has 1 aromatic rings. The molecule has 3 nitrogen and oxygen atoms in total. The summed E-state index contributed by atoms with van der Waals surface area (Å²) in [7, 11) is 0. The molecule has 3 atom stereocenters. The molecule has 1 heterocycles. The first kappa shape index (κ1) is 14.9. The van der Waals surface area contributed by atoms with Gasteiger partial charge >= 0.3 is 0 Å². The summed E-state index contributed by atoms with van der Waals surface area (Å²) in [5.41, 5.74) is 9.09. The first-order valence-electron chi connectivity index (χ1n) is 7.83. The van der Waals surface area contributed by atoms with Gasteiger partial charge in [-0.25, -0.2) is 0 Å². The highest BCUT2D eigenvalue weighted by Crippen LogP contribution is 2.62. The SMILES string of the molecule is Cl.NC1CCCN(C(=O)C2CC23CCc2ccccc23)C1. The fourth-order valence-corrected chi connectivity index (χ4v) is 4.35. The quantitative estimate of drug-likeness (QED) is 0.865. The van der Waals surface area contributed by atoms with Crippen molar-refractivity contribution in [2.24, 2.45) is 11.7 Å². The molecular weight excluding hydrogens is 284 g/mol. The Bertz CT molecular complexity index is 561. The summed E-state index contributed by atoms with van der Waals surface area (Å²) < 4.78 is 0. The van der Waals surface area contributed by atoms with Crippen LogP contribution in [0.2, 0.25) is 0 Å². The van der Waals surface area contributed by atoms with E-state index in [1.54, 1.807) is 0 Å². The van der Waals surface area contributed by atoms with E-state index in [4.69, 9.17) is 5.73 Å². The van der Waals surface area contributed by atoms with Crippen LogP contribution in [0.5, 0.6) is 0 Å². The lowest BCUT2D eigenvalue weighted by atomic mass is 9.94. The molecule has 3 unspecified atom stereocenters. The number of halogens is 1. The van der Waals surface area contributed by atoms with Crippen LogP contribution in [0.25, 0.3) is 0 Å². The van der Waals surface area contributed by atoms with E-state index in [9.17, 15) is 4.79 Å². The van der Waals surface area contributed by atoms with Crippen molar-refractivity contribution in [1.29, 1.82) is 0 Å². The Kier molecular flexibility index (Phi) is 3.74. The summed E-state index contributed by atoms with van der Waals surface area (Å²) in [6.45, 7) is 1.66. The van der Waals surface area contributed by atoms with Crippen molar-refractivity contribution >= 4 is 18.3 Å². The Hall–Kier alpha value is -1.06. The van der Waals surface area contributed by atoms with Crippen LogP contribution in [0.15, 0.2) is 24.3 Å². The Labute approximate surface area is 132 Å². The zero-order chi connectivity index (χ0) is 13.7. The fraction of sp³-hybridized carbons (Fsp3) is 0.588. The Morgan fingerprint density at radius 1 is 1.33 bits per heavy atom. The highest BCUT2D eigenvalue weighted by molar-refractivity contribution is 5.85. The van der Waals surface area contributed by atoms with Crippen LogP contribution >= 0.6 is 12.4 Å². The second kappa shape index (κ2) is 5.29. The maximum Gasteiger partial charge on any atom is 0.226 e. The van der Waals surface area contributed by atoms with Crippen molar-refractivity contribution in [1.82, 2.24) is 4.90 Å². The van der Waals surface area contributed by atoms with Gasteiger partial charge in [-0.15, -0.1) is 12.4 Å². The predicted octanol–water partition coefficient (Wildman–Crippen LogP) is 2.26. The minimum atomic E-state index is 0. The molecule has 1 amide bonds. The first-order chi connectivity index (χ1) is 9.71. The molecule has 21 heavy (non-hydrogen) atoms. The molecule has 1 aliphatic heterocycles. The Balaban J connectivity index is 0.00000132. The van der Waals surface area contributed by atoms with E-state index in [2.05, 4.69) is 24.3 Å². The standard InChI is InChI=1S/C17H22N2O.ClH/c18-13-5-3-9-19(11-13)16(20)15-10-17(15)8-7-12-4-1-2-6-14(12)17;/h1-2,4,6,13,15H,3,5,7-11,18H2;1H.